The lowest BCUT2D eigenvalue weighted by atomic mass is 10.00. The van der Waals surface area contributed by atoms with Crippen LogP contribution in [0.5, 0.6) is 0 Å². The second-order valence-electron chi connectivity index (χ2n) is 6.47. The van der Waals surface area contributed by atoms with Crippen molar-refractivity contribution in [2.24, 2.45) is 0 Å². The molecule has 0 unspecified atom stereocenters. The average Bonchev–Trinajstić information content (AvgIpc) is 3.15. The number of amides is 2. The molecule has 0 atom stereocenters. The minimum atomic E-state index is -0.199. The van der Waals surface area contributed by atoms with Gasteiger partial charge in [0.05, 0.1) is 12.1 Å². The van der Waals surface area contributed by atoms with E-state index >= 15 is 0 Å². The summed E-state index contributed by atoms with van der Waals surface area (Å²) in [6.07, 6.45) is 1.14. The number of hydrogen-bond donors (Lipinski definition) is 1. The minimum absolute atomic E-state index is 0.0655. The first kappa shape index (κ1) is 17.4. The van der Waals surface area contributed by atoms with Crippen LogP contribution >= 0.6 is 11.3 Å². The zero-order valence-corrected chi connectivity index (χ0v) is 15.5. The Morgan fingerprint density at radius 2 is 1.78 bits per heavy atom. The fraction of sp³-hybridized carbons (Fsp3) is 0.190. The fourth-order valence-corrected chi connectivity index (χ4v) is 3.89. The zero-order chi connectivity index (χ0) is 18.6. The third-order valence-electron chi connectivity index (χ3n) is 4.62. The van der Waals surface area contributed by atoms with Gasteiger partial charge in [0.2, 0.25) is 5.91 Å². The summed E-state index contributed by atoms with van der Waals surface area (Å²) in [5.41, 5.74) is 3.80. The van der Waals surface area contributed by atoms with Gasteiger partial charge in [0.15, 0.2) is 5.13 Å². The van der Waals surface area contributed by atoms with Crippen molar-refractivity contribution >= 4 is 28.3 Å². The van der Waals surface area contributed by atoms with Crippen LogP contribution in [0.2, 0.25) is 0 Å². The van der Waals surface area contributed by atoms with Crippen molar-refractivity contribution in [2.45, 2.75) is 19.4 Å². The quantitative estimate of drug-likeness (QED) is 0.757. The van der Waals surface area contributed by atoms with Crippen LogP contribution in [0.25, 0.3) is 0 Å². The summed E-state index contributed by atoms with van der Waals surface area (Å²) >= 11 is 1.34. The summed E-state index contributed by atoms with van der Waals surface area (Å²) in [6, 6.07) is 17.3. The lowest BCUT2D eigenvalue weighted by Crippen LogP contribution is -2.36. The molecule has 1 aliphatic rings. The van der Waals surface area contributed by atoms with Crippen LogP contribution in [0.1, 0.15) is 27.2 Å². The molecule has 2 aromatic carbocycles. The maximum Gasteiger partial charge on any atom is 0.257 e. The maximum atomic E-state index is 12.6. The van der Waals surface area contributed by atoms with Crippen molar-refractivity contribution in [1.29, 1.82) is 0 Å². The molecule has 5 nitrogen and oxygen atoms in total. The molecule has 1 aliphatic heterocycles. The van der Waals surface area contributed by atoms with Crippen LogP contribution in [0.15, 0.2) is 60.0 Å². The first-order chi connectivity index (χ1) is 13.2. The number of nitrogens with one attached hydrogen (secondary N) is 1. The third-order valence-corrected chi connectivity index (χ3v) is 5.43. The Morgan fingerprint density at radius 1 is 1.04 bits per heavy atom. The molecule has 0 aliphatic carbocycles. The number of aromatic nitrogens is 1. The van der Waals surface area contributed by atoms with Gasteiger partial charge in [-0.3, -0.25) is 14.9 Å². The molecule has 4 rings (SSSR count). The van der Waals surface area contributed by atoms with Crippen molar-refractivity contribution in [3.05, 3.63) is 82.4 Å². The largest absolute Gasteiger partial charge is 0.338 e. The molecule has 0 saturated heterocycles. The zero-order valence-electron chi connectivity index (χ0n) is 14.7. The first-order valence-corrected chi connectivity index (χ1v) is 9.72. The van der Waals surface area contributed by atoms with E-state index in [2.05, 4.69) is 22.4 Å². The van der Waals surface area contributed by atoms with Gasteiger partial charge in [-0.25, -0.2) is 4.98 Å². The summed E-state index contributed by atoms with van der Waals surface area (Å²) < 4.78 is 0. The second kappa shape index (κ2) is 7.72. The highest BCUT2D eigenvalue weighted by Gasteiger charge is 2.21. The molecule has 1 N–H and O–H groups in total. The Kier molecular flexibility index (Phi) is 4.98. The molecule has 1 aromatic heterocycles. The second-order valence-corrected chi connectivity index (χ2v) is 7.33. The molecule has 0 spiro atoms. The van der Waals surface area contributed by atoms with Crippen LogP contribution in [0.3, 0.4) is 0 Å². The van der Waals surface area contributed by atoms with Gasteiger partial charge >= 0.3 is 0 Å². The Bertz CT molecular complexity index is 968. The average molecular weight is 377 g/mol. The van der Waals surface area contributed by atoms with Gasteiger partial charge in [-0.1, -0.05) is 42.5 Å². The molecule has 6 heteroatoms. The highest BCUT2D eigenvalue weighted by Crippen LogP contribution is 2.21. The molecule has 2 amide bonds. The van der Waals surface area contributed by atoms with Gasteiger partial charge < -0.3 is 4.90 Å². The van der Waals surface area contributed by atoms with Crippen LogP contribution < -0.4 is 5.32 Å². The highest BCUT2D eigenvalue weighted by molar-refractivity contribution is 7.14. The monoisotopic (exact) mass is 377 g/mol. The number of carbonyl (C=O) groups excluding carboxylic acids is 2. The molecule has 0 bridgehead atoms. The number of fused-ring (bicyclic) bond motifs is 1. The molecule has 2 heterocycles. The van der Waals surface area contributed by atoms with E-state index in [1.165, 1.54) is 22.5 Å². The molecule has 0 fully saturated rings. The lowest BCUT2D eigenvalue weighted by Gasteiger charge is -2.28. The smallest absolute Gasteiger partial charge is 0.257 e. The van der Waals surface area contributed by atoms with Crippen LogP contribution in [-0.4, -0.2) is 28.2 Å². The Hall–Kier alpha value is -2.99. The Balaban J connectivity index is 1.37. The van der Waals surface area contributed by atoms with E-state index in [0.717, 1.165) is 13.0 Å². The van der Waals surface area contributed by atoms with E-state index in [1.54, 1.807) is 12.1 Å². The lowest BCUT2D eigenvalue weighted by molar-refractivity contribution is -0.131. The summed E-state index contributed by atoms with van der Waals surface area (Å²) in [4.78, 5) is 31.1. The van der Waals surface area contributed by atoms with E-state index < -0.39 is 0 Å². The van der Waals surface area contributed by atoms with Crippen molar-refractivity contribution < 1.29 is 9.59 Å². The van der Waals surface area contributed by atoms with Crippen molar-refractivity contribution in [3.8, 4) is 0 Å². The van der Waals surface area contributed by atoms with E-state index in [-0.39, 0.29) is 18.2 Å². The Labute approximate surface area is 161 Å². The Morgan fingerprint density at radius 3 is 2.59 bits per heavy atom. The predicted molar refractivity (Wildman–Crippen MR) is 106 cm³/mol. The third kappa shape index (κ3) is 4.06. The van der Waals surface area contributed by atoms with Crippen molar-refractivity contribution in [1.82, 2.24) is 9.88 Å². The molecular formula is C21H19N3O2S. The number of thiazole rings is 1. The number of anilines is 1. The molecule has 3 aromatic rings. The van der Waals surface area contributed by atoms with Crippen LogP contribution in [0.4, 0.5) is 5.13 Å². The van der Waals surface area contributed by atoms with Gasteiger partial charge in [0, 0.05) is 24.0 Å². The summed E-state index contributed by atoms with van der Waals surface area (Å²) in [5.74, 6) is -0.133. The van der Waals surface area contributed by atoms with Crippen molar-refractivity contribution in [3.63, 3.8) is 0 Å². The number of nitrogens with zero attached hydrogens (tertiary/aromatic N) is 2. The highest BCUT2D eigenvalue weighted by atomic mass is 32.1. The fourth-order valence-electron chi connectivity index (χ4n) is 3.18. The van der Waals surface area contributed by atoms with E-state index in [9.17, 15) is 9.59 Å². The van der Waals surface area contributed by atoms with Gasteiger partial charge in [-0.2, -0.15) is 0 Å². The van der Waals surface area contributed by atoms with Gasteiger partial charge in [0.25, 0.3) is 5.91 Å². The summed E-state index contributed by atoms with van der Waals surface area (Å²) in [5, 5.41) is 5.13. The van der Waals surface area contributed by atoms with Gasteiger partial charge in [-0.15, -0.1) is 11.3 Å². The van der Waals surface area contributed by atoms with E-state index in [0.29, 0.717) is 22.9 Å². The summed E-state index contributed by atoms with van der Waals surface area (Å²) in [7, 11) is 0. The molecule has 136 valence electrons. The van der Waals surface area contributed by atoms with Crippen molar-refractivity contribution in [2.75, 3.05) is 11.9 Å². The maximum absolute atomic E-state index is 12.6. The van der Waals surface area contributed by atoms with Gasteiger partial charge in [0.1, 0.15) is 0 Å². The normalized spacial score (nSPS) is 13.1. The molecule has 0 saturated carbocycles. The molecule has 27 heavy (non-hydrogen) atoms. The van der Waals surface area contributed by atoms with Crippen LogP contribution in [0, 0.1) is 0 Å². The molecular weight excluding hydrogens is 358 g/mol. The number of benzene rings is 2. The van der Waals surface area contributed by atoms with Gasteiger partial charge in [-0.05, 0) is 29.7 Å². The predicted octanol–water partition coefficient (Wildman–Crippen LogP) is 3.52. The minimum Gasteiger partial charge on any atom is -0.338 e. The molecule has 0 radical (unpaired) electrons. The first-order valence-electron chi connectivity index (χ1n) is 8.84. The topological polar surface area (TPSA) is 62.3 Å². The SMILES string of the molecule is O=C(Nc1nc(CC(=O)N2CCc3ccccc3C2)cs1)c1ccccc1. The van der Waals surface area contributed by atoms with Crippen LogP contribution in [-0.2, 0) is 24.2 Å². The number of hydrogen-bond acceptors (Lipinski definition) is 4. The van der Waals surface area contributed by atoms with E-state index in [1.807, 2.05) is 40.6 Å². The number of rotatable bonds is 4. The van der Waals surface area contributed by atoms with E-state index in [4.69, 9.17) is 0 Å². The summed E-state index contributed by atoms with van der Waals surface area (Å²) in [6.45, 7) is 1.38. The standard InChI is InChI=1S/C21H19N3O2S/c25-19(24-11-10-15-6-4-5-9-17(15)13-24)12-18-14-27-21(22-18)23-20(26)16-7-2-1-3-8-16/h1-9,14H,10-13H2,(H,22,23,26). The number of carbonyl (C=O) groups is 2.